The Morgan fingerprint density at radius 3 is 1.67 bits per heavy atom. The predicted octanol–water partition coefficient (Wildman–Crippen LogP) is 3.51. The van der Waals surface area contributed by atoms with Gasteiger partial charge in [-0.15, -0.1) is 0 Å². The van der Waals surface area contributed by atoms with Crippen molar-refractivity contribution in [2.75, 3.05) is 0 Å². The van der Waals surface area contributed by atoms with Crippen molar-refractivity contribution in [2.45, 2.75) is 48.8 Å². The fraction of sp³-hybridized carbons (Fsp3) is 1.00. The summed E-state index contributed by atoms with van der Waals surface area (Å²) in [4.78, 5) is 0. The molecule has 0 heterocycles. The molecule has 0 aromatic rings. The molecule has 0 fully saturated rings. The van der Waals surface area contributed by atoms with Gasteiger partial charge in [0, 0.05) is 0 Å². The third-order valence-corrected chi connectivity index (χ3v) is 3.23. The van der Waals surface area contributed by atoms with Crippen molar-refractivity contribution in [2.24, 2.45) is 0 Å². The first-order valence-electron chi connectivity index (χ1n) is 3.84. The molecule has 0 aliphatic carbocycles. The molecule has 9 heavy (non-hydrogen) atoms. The van der Waals surface area contributed by atoms with Crippen LogP contribution in [0.5, 0.6) is 0 Å². The second-order valence-corrected chi connectivity index (χ2v) is 4.38. The average molecular weight is 222 g/mol. The van der Waals surface area contributed by atoms with Gasteiger partial charge in [0.1, 0.15) is 0 Å². The zero-order chi connectivity index (χ0) is 6.95. The molecule has 0 saturated carbocycles. The molecular weight excluding hydrogens is 204 g/mol. The van der Waals surface area contributed by atoms with Crippen molar-refractivity contribution in [1.82, 2.24) is 0 Å². The summed E-state index contributed by atoms with van der Waals surface area (Å²) in [5.41, 5.74) is 0. The van der Waals surface area contributed by atoms with E-state index in [1.54, 1.807) is 0 Å². The van der Waals surface area contributed by atoms with E-state index in [9.17, 15) is 0 Å². The summed E-state index contributed by atoms with van der Waals surface area (Å²) in [5.74, 6) is 0. The first-order chi connectivity index (χ1) is 4.41. The minimum atomic E-state index is 1.23. The van der Waals surface area contributed by atoms with E-state index in [1.807, 2.05) is 0 Å². The fourth-order valence-corrected chi connectivity index (χ4v) is 2.60. The predicted molar refractivity (Wildman–Crippen MR) is 39.4 cm³/mol. The zero-order valence-corrected chi connectivity index (χ0v) is 8.03. The number of rotatable bonds is 6. The van der Waals surface area contributed by atoms with Crippen LogP contribution in [0, 0.1) is 0 Å². The molecule has 0 atom stereocenters. The van der Waals surface area contributed by atoms with Gasteiger partial charge in [-0.05, 0) is 0 Å². The van der Waals surface area contributed by atoms with E-state index in [2.05, 4.69) is 13.8 Å². The molecule has 0 aliphatic rings. The minimum absolute atomic E-state index is 1.23. The Morgan fingerprint density at radius 2 is 1.33 bits per heavy atom. The van der Waals surface area contributed by atoms with Gasteiger partial charge in [0.2, 0.25) is 0 Å². The van der Waals surface area contributed by atoms with Gasteiger partial charge >= 0.3 is 68.6 Å². The molecule has 0 nitrogen and oxygen atoms in total. The van der Waals surface area contributed by atoms with E-state index in [-0.39, 0.29) is 0 Å². The Hall–Kier alpha value is 0.740. The van der Waals surface area contributed by atoms with E-state index in [1.165, 1.54) is 54.7 Å². The third kappa shape index (κ3) is 8.74. The molecule has 0 saturated heterocycles. The first-order valence-corrected chi connectivity index (χ1v) is 5.94. The fourth-order valence-electron chi connectivity index (χ4n) is 0.439. The summed E-state index contributed by atoms with van der Waals surface area (Å²) < 4.78 is 2.97. The maximum absolute atomic E-state index is 2.27. The molecule has 61 valence electrons. The van der Waals surface area contributed by atoms with Gasteiger partial charge in [-0.3, -0.25) is 0 Å². The topological polar surface area (TPSA) is 0 Å². The SMILES string of the molecule is CCC[CH2][Ag][CH2]CCC. The Morgan fingerprint density at radius 1 is 0.889 bits per heavy atom. The van der Waals surface area contributed by atoms with Crippen molar-refractivity contribution in [3.63, 3.8) is 0 Å². The van der Waals surface area contributed by atoms with Gasteiger partial charge in [-0.2, -0.15) is 0 Å². The van der Waals surface area contributed by atoms with Crippen LogP contribution in [0.4, 0.5) is 0 Å². The van der Waals surface area contributed by atoms with Crippen LogP contribution in [0.2, 0.25) is 9.28 Å². The molecule has 0 aliphatic heterocycles. The summed E-state index contributed by atoms with van der Waals surface area (Å²) in [5, 5.41) is 0. The molecule has 0 unspecified atom stereocenters. The summed E-state index contributed by atoms with van der Waals surface area (Å²) in [6, 6.07) is 0. The normalized spacial score (nSPS) is 10.4. The number of unbranched alkanes of at least 4 members (excludes halogenated alkanes) is 2. The van der Waals surface area contributed by atoms with E-state index in [0.29, 0.717) is 0 Å². The summed E-state index contributed by atoms with van der Waals surface area (Å²) in [7, 11) is 0. The van der Waals surface area contributed by atoms with E-state index in [0.717, 1.165) is 0 Å². The van der Waals surface area contributed by atoms with Gasteiger partial charge in [-0.1, -0.05) is 0 Å². The standard InChI is InChI=1S/2C4H9.Ag/c2*1-3-4-2;/h2*1,3-4H2,2H3;. The summed E-state index contributed by atoms with van der Waals surface area (Å²) in [6.45, 7) is 4.54. The van der Waals surface area contributed by atoms with Crippen LogP contribution >= 0.6 is 0 Å². The average Bonchev–Trinajstić information content (AvgIpc) is 1.89. The van der Waals surface area contributed by atoms with Crippen molar-refractivity contribution in [3.05, 3.63) is 0 Å². The Kier molecular flexibility index (Phi) is 9.46. The van der Waals surface area contributed by atoms with Crippen LogP contribution < -0.4 is 0 Å². The second-order valence-electron chi connectivity index (χ2n) is 2.16. The van der Waals surface area contributed by atoms with Gasteiger partial charge in [0.25, 0.3) is 0 Å². The summed E-state index contributed by atoms with van der Waals surface area (Å²) >= 11 is 1.23. The molecule has 0 radical (unpaired) electrons. The van der Waals surface area contributed by atoms with Gasteiger partial charge in [-0.25, -0.2) is 0 Å². The summed E-state index contributed by atoms with van der Waals surface area (Å²) in [6.07, 6.45) is 5.64. The quantitative estimate of drug-likeness (QED) is 0.476. The van der Waals surface area contributed by atoms with Crippen LogP contribution in [0.3, 0.4) is 0 Å². The van der Waals surface area contributed by atoms with E-state index >= 15 is 0 Å². The molecule has 1 heteroatoms. The Bertz CT molecular complexity index is 37.8. The Labute approximate surface area is 68.7 Å². The molecule has 0 spiro atoms. The van der Waals surface area contributed by atoms with E-state index in [4.69, 9.17) is 0 Å². The zero-order valence-electron chi connectivity index (χ0n) is 6.54. The van der Waals surface area contributed by atoms with Crippen molar-refractivity contribution in [1.29, 1.82) is 0 Å². The molecule has 0 N–H and O–H groups in total. The van der Waals surface area contributed by atoms with Crippen LogP contribution in [0.25, 0.3) is 0 Å². The van der Waals surface area contributed by atoms with Crippen LogP contribution in [-0.4, -0.2) is 0 Å². The third-order valence-electron chi connectivity index (χ3n) is 1.13. The monoisotopic (exact) mass is 221 g/mol. The molecule has 0 amide bonds. The van der Waals surface area contributed by atoms with Gasteiger partial charge in [0.05, 0.1) is 0 Å². The van der Waals surface area contributed by atoms with Crippen LogP contribution in [0.1, 0.15) is 39.5 Å². The Balaban J connectivity index is 2.60. The molecule has 0 rings (SSSR count). The first kappa shape index (κ1) is 9.74. The van der Waals surface area contributed by atoms with Crippen LogP contribution in [0.15, 0.2) is 0 Å². The number of hydrogen-bond acceptors (Lipinski definition) is 0. The molecular formula is C8H18Ag. The molecule has 0 aromatic carbocycles. The molecule has 0 bridgehead atoms. The second kappa shape index (κ2) is 8.74. The maximum atomic E-state index is 2.27. The van der Waals surface area contributed by atoms with Gasteiger partial charge < -0.3 is 0 Å². The van der Waals surface area contributed by atoms with Crippen LogP contribution in [-0.2, 0) is 19.8 Å². The number of hydrogen-bond donors (Lipinski definition) is 0. The van der Waals surface area contributed by atoms with E-state index < -0.39 is 0 Å². The van der Waals surface area contributed by atoms with Crippen molar-refractivity contribution in [3.8, 4) is 0 Å². The molecule has 0 aromatic heterocycles. The van der Waals surface area contributed by atoms with Crippen molar-refractivity contribution >= 4 is 0 Å². The van der Waals surface area contributed by atoms with Crippen molar-refractivity contribution < 1.29 is 19.8 Å². The van der Waals surface area contributed by atoms with Gasteiger partial charge in [0.15, 0.2) is 0 Å².